The van der Waals surface area contributed by atoms with Crippen LogP contribution in [-0.4, -0.2) is 40.5 Å². The number of nitrogens with zero attached hydrogens (tertiary/aromatic N) is 3. The van der Waals surface area contributed by atoms with Crippen molar-refractivity contribution in [1.29, 1.82) is 0 Å². The van der Waals surface area contributed by atoms with Crippen LogP contribution in [0, 0.1) is 0 Å². The number of thiazole rings is 1. The predicted octanol–water partition coefficient (Wildman–Crippen LogP) is 1.45. The fraction of sp³-hybridized carbons (Fsp3) is 0.545. The van der Waals surface area contributed by atoms with Crippen LogP contribution in [0.5, 0.6) is 0 Å². The predicted molar refractivity (Wildman–Crippen MR) is 75.4 cm³/mol. The summed E-state index contributed by atoms with van der Waals surface area (Å²) in [5.74, 6) is 3.56. The maximum Gasteiger partial charge on any atom is 0.195 e. The summed E-state index contributed by atoms with van der Waals surface area (Å²) < 4.78 is 2.19. The molecule has 0 aliphatic carbocycles. The van der Waals surface area contributed by atoms with Gasteiger partial charge in [0.05, 0.1) is 5.69 Å². The van der Waals surface area contributed by atoms with E-state index in [1.54, 1.807) is 11.3 Å². The Bertz CT molecular complexity index is 499. The van der Waals surface area contributed by atoms with E-state index in [0.29, 0.717) is 6.54 Å². The van der Waals surface area contributed by atoms with Gasteiger partial charge in [0.25, 0.3) is 0 Å². The molecule has 3 heterocycles. The highest BCUT2D eigenvalue weighted by Crippen LogP contribution is 2.26. The van der Waals surface area contributed by atoms with Gasteiger partial charge in [0.1, 0.15) is 0 Å². The molecule has 0 saturated carbocycles. The number of aromatic nitrogens is 2. The molecule has 6 heteroatoms. The number of fused-ring (bicyclic) bond motifs is 1. The third-order valence-electron chi connectivity index (χ3n) is 3.03. The molecular weight excluding hydrogens is 252 g/mol. The summed E-state index contributed by atoms with van der Waals surface area (Å²) in [4.78, 5) is 8.25. The molecule has 1 aliphatic heterocycles. The minimum atomic E-state index is 0.680. The molecule has 2 aromatic heterocycles. The number of anilines is 1. The van der Waals surface area contributed by atoms with Crippen molar-refractivity contribution in [3.8, 4) is 0 Å². The van der Waals surface area contributed by atoms with Crippen molar-refractivity contribution in [3.05, 3.63) is 17.3 Å². The third-order valence-corrected chi connectivity index (χ3v) is 4.73. The van der Waals surface area contributed by atoms with Gasteiger partial charge in [0, 0.05) is 42.6 Å². The molecule has 1 fully saturated rings. The first-order valence-electron chi connectivity index (χ1n) is 5.87. The van der Waals surface area contributed by atoms with E-state index in [-0.39, 0.29) is 0 Å². The molecule has 0 atom stereocenters. The number of rotatable bonds is 3. The van der Waals surface area contributed by atoms with Crippen LogP contribution in [0.2, 0.25) is 0 Å². The summed E-state index contributed by atoms with van der Waals surface area (Å²) in [6.45, 7) is 2.89. The molecular formula is C11H16N4S2. The first-order valence-corrected chi connectivity index (χ1v) is 7.91. The van der Waals surface area contributed by atoms with E-state index >= 15 is 0 Å². The fourth-order valence-electron chi connectivity index (χ4n) is 2.22. The Labute approximate surface area is 109 Å². The Morgan fingerprint density at radius 1 is 1.35 bits per heavy atom. The van der Waals surface area contributed by atoms with Crippen LogP contribution in [0.4, 0.5) is 5.82 Å². The molecule has 92 valence electrons. The van der Waals surface area contributed by atoms with Gasteiger partial charge in [-0.15, -0.1) is 11.3 Å². The molecule has 0 unspecified atom stereocenters. The summed E-state index contributed by atoms with van der Waals surface area (Å²) in [6.07, 6.45) is 3.00. The lowest BCUT2D eigenvalue weighted by molar-refractivity contribution is 0.820. The highest BCUT2D eigenvalue weighted by Gasteiger charge is 2.20. The first kappa shape index (κ1) is 11.4. The first-order chi connectivity index (χ1) is 8.40. The lowest BCUT2D eigenvalue weighted by Crippen LogP contribution is -2.33. The van der Waals surface area contributed by atoms with Crippen LogP contribution in [-0.2, 0) is 6.42 Å². The third kappa shape index (κ3) is 2.05. The molecule has 0 bridgehead atoms. The van der Waals surface area contributed by atoms with Gasteiger partial charge >= 0.3 is 0 Å². The molecule has 0 amide bonds. The van der Waals surface area contributed by atoms with Crippen LogP contribution in [0.15, 0.2) is 11.6 Å². The van der Waals surface area contributed by atoms with Gasteiger partial charge in [-0.25, -0.2) is 4.98 Å². The van der Waals surface area contributed by atoms with Gasteiger partial charge in [-0.3, -0.25) is 4.40 Å². The van der Waals surface area contributed by atoms with Crippen molar-refractivity contribution in [2.24, 2.45) is 5.73 Å². The molecule has 1 saturated heterocycles. The molecule has 17 heavy (non-hydrogen) atoms. The highest BCUT2D eigenvalue weighted by molar-refractivity contribution is 7.99. The lowest BCUT2D eigenvalue weighted by atomic mass is 10.3. The van der Waals surface area contributed by atoms with Crippen LogP contribution in [0.25, 0.3) is 4.96 Å². The summed E-state index contributed by atoms with van der Waals surface area (Å²) in [5, 5.41) is 2.08. The van der Waals surface area contributed by atoms with E-state index in [1.165, 1.54) is 17.2 Å². The molecule has 4 nitrogen and oxygen atoms in total. The number of nitrogens with two attached hydrogens (primary N) is 1. The number of hydrogen-bond acceptors (Lipinski definition) is 5. The van der Waals surface area contributed by atoms with Crippen molar-refractivity contribution < 1.29 is 0 Å². The Hall–Kier alpha value is -0.720. The fourth-order valence-corrected chi connectivity index (χ4v) is 3.85. The SMILES string of the molecule is NCCc1c(N2CCSCC2)nc2sccn12. The molecule has 1 aliphatic rings. The zero-order valence-electron chi connectivity index (χ0n) is 9.63. The van der Waals surface area contributed by atoms with E-state index in [1.807, 2.05) is 11.8 Å². The summed E-state index contributed by atoms with van der Waals surface area (Å²) in [5.41, 5.74) is 6.99. The van der Waals surface area contributed by atoms with Gasteiger partial charge in [-0.1, -0.05) is 0 Å². The van der Waals surface area contributed by atoms with E-state index in [4.69, 9.17) is 10.7 Å². The molecule has 3 rings (SSSR count). The smallest absolute Gasteiger partial charge is 0.195 e. The molecule has 2 aromatic rings. The van der Waals surface area contributed by atoms with Crippen LogP contribution in [0.3, 0.4) is 0 Å². The molecule has 0 spiro atoms. The zero-order valence-corrected chi connectivity index (χ0v) is 11.3. The summed E-state index contributed by atoms with van der Waals surface area (Å²) >= 11 is 3.71. The van der Waals surface area contributed by atoms with E-state index in [2.05, 4.69) is 20.9 Å². The van der Waals surface area contributed by atoms with Gasteiger partial charge < -0.3 is 10.6 Å². The zero-order chi connectivity index (χ0) is 11.7. The summed E-state index contributed by atoms with van der Waals surface area (Å²) in [6, 6.07) is 0. The average molecular weight is 268 g/mol. The van der Waals surface area contributed by atoms with Crippen molar-refractivity contribution >= 4 is 33.9 Å². The number of thioether (sulfide) groups is 1. The molecule has 2 N–H and O–H groups in total. The van der Waals surface area contributed by atoms with Crippen molar-refractivity contribution in [2.75, 3.05) is 36.0 Å². The van der Waals surface area contributed by atoms with Gasteiger partial charge in [0.15, 0.2) is 10.8 Å². The topological polar surface area (TPSA) is 46.6 Å². The summed E-state index contributed by atoms with van der Waals surface area (Å²) in [7, 11) is 0. The molecule has 0 aromatic carbocycles. The normalized spacial score (nSPS) is 16.9. The Balaban J connectivity index is 2.00. The van der Waals surface area contributed by atoms with Crippen molar-refractivity contribution in [2.45, 2.75) is 6.42 Å². The largest absolute Gasteiger partial charge is 0.353 e. The van der Waals surface area contributed by atoms with Gasteiger partial charge in [0.2, 0.25) is 0 Å². The maximum absolute atomic E-state index is 5.72. The highest BCUT2D eigenvalue weighted by atomic mass is 32.2. The van der Waals surface area contributed by atoms with Gasteiger partial charge in [-0.2, -0.15) is 11.8 Å². The minimum Gasteiger partial charge on any atom is -0.353 e. The Kier molecular flexibility index (Phi) is 3.26. The Morgan fingerprint density at radius 3 is 2.94 bits per heavy atom. The average Bonchev–Trinajstić information content (AvgIpc) is 2.93. The monoisotopic (exact) mass is 268 g/mol. The number of imidazole rings is 1. The minimum absolute atomic E-state index is 0.680. The van der Waals surface area contributed by atoms with E-state index < -0.39 is 0 Å². The second-order valence-electron chi connectivity index (χ2n) is 4.08. The van der Waals surface area contributed by atoms with E-state index in [0.717, 1.165) is 30.3 Å². The maximum atomic E-state index is 5.72. The van der Waals surface area contributed by atoms with Crippen LogP contribution in [0.1, 0.15) is 5.69 Å². The number of hydrogen-bond donors (Lipinski definition) is 1. The molecule has 0 radical (unpaired) electrons. The van der Waals surface area contributed by atoms with Crippen LogP contribution >= 0.6 is 23.1 Å². The second kappa shape index (κ2) is 4.88. The lowest BCUT2D eigenvalue weighted by Gasteiger charge is -2.27. The Morgan fingerprint density at radius 2 is 2.18 bits per heavy atom. The van der Waals surface area contributed by atoms with Gasteiger partial charge in [-0.05, 0) is 6.54 Å². The van der Waals surface area contributed by atoms with Crippen LogP contribution < -0.4 is 10.6 Å². The van der Waals surface area contributed by atoms with E-state index in [9.17, 15) is 0 Å². The second-order valence-corrected chi connectivity index (χ2v) is 6.17. The van der Waals surface area contributed by atoms with Crippen molar-refractivity contribution in [1.82, 2.24) is 9.38 Å². The standard InChI is InChI=1S/C11H16N4S2/c12-2-1-9-10(14-3-6-16-7-4-14)13-11-15(9)5-8-17-11/h5,8H,1-4,6-7,12H2. The van der Waals surface area contributed by atoms with Crippen molar-refractivity contribution in [3.63, 3.8) is 0 Å². The quantitative estimate of drug-likeness (QED) is 0.915.